The molecule has 1 aromatic heterocycles. The second-order valence-electron chi connectivity index (χ2n) is 4.82. The van der Waals surface area contributed by atoms with Crippen LogP contribution >= 0.6 is 0 Å². The van der Waals surface area contributed by atoms with E-state index in [1.807, 2.05) is 39.8 Å². The maximum atomic E-state index is 11.4. The first-order chi connectivity index (χ1) is 7.88. The van der Waals surface area contributed by atoms with E-state index in [4.69, 9.17) is 9.47 Å². The molecular weight excluding hydrogens is 218 g/mol. The van der Waals surface area contributed by atoms with Crippen molar-refractivity contribution in [2.24, 2.45) is 0 Å². The molecule has 0 unspecified atom stereocenters. The van der Waals surface area contributed by atoms with E-state index in [0.717, 1.165) is 5.56 Å². The van der Waals surface area contributed by atoms with Gasteiger partial charge in [0.1, 0.15) is 12.2 Å². The maximum Gasteiger partial charge on any atom is 0.332 e. The Kier molecular flexibility index (Phi) is 4.63. The number of pyridine rings is 1. The number of nitrogens with zero attached hydrogens (tertiary/aromatic N) is 1. The molecule has 4 heteroatoms. The summed E-state index contributed by atoms with van der Waals surface area (Å²) in [5, 5.41) is 0. The number of hydrogen-bond acceptors (Lipinski definition) is 4. The predicted octanol–water partition coefficient (Wildman–Crippen LogP) is 2.50. The van der Waals surface area contributed by atoms with Crippen LogP contribution in [0.4, 0.5) is 0 Å². The molecule has 1 aromatic rings. The van der Waals surface area contributed by atoms with E-state index in [2.05, 4.69) is 4.98 Å². The predicted molar refractivity (Wildman–Crippen MR) is 64.4 cm³/mol. The topological polar surface area (TPSA) is 48.4 Å². The van der Waals surface area contributed by atoms with E-state index in [0.29, 0.717) is 0 Å². The fourth-order valence-electron chi connectivity index (χ4n) is 1.29. The maximum absolute atomic E-state index is 11.4. The Labute approximate surface area is 102 Å². The minimum absolute atomic E-state index is 0.0409. The Morgan fingerprint density at radius 3 is 2.47 bits per heavy atom. The zero-order chi connectivity index (χ0) is 12.9. The number of rotatable bonds is 4. The summed E-state index contributed by atoms with van der Waals surface area (Å²) in [5.74, 6) is -0.349. The van der Waals surface area contributed by atoms with Crippen molar-refractivity contribution in [1.29, 1.82) is 0 Å². The molecule has 0 N–H and O–H groups in total. The van der Waals surface area contributed by atoms with Crippen molar-refractivity contribution in [2.45, 2.75) is 39.4 Å². The molecule has 0 fully saturated rings. The summed E-state index contributed by atoms with van der Waals surface area (Å²) in [5.41, 5.74) is 0.518. The summed E-state index contributed by atoms with van der Waals surface area (Å²) < 4.78 is 10.6. The van der Waals surface area contributed by atoms with E-state index in [9.17, 15) is 4.79 Å². The largest absolute Gasteiger partial charge is 0.458 e. The van der Waals surface area contributed by atoms with Gasteiger partial charge in [-0.3, -0.25) is 4.98 Å². The molecular formula is C13H19NO3. The number of ether oxygens (including phenoxy) is 2. The first-order valence-corrected chi connectivity index (χ1v) is 5.62. The fourth-order valence-corrected chi connectivity index (χ4v) is 1.29. The van der Waals surface area contributed by atoms with E-state index < -0.39 is 5.60 Å². The van der Waals surface area contributed by atoms with Gasteiger partial charge in [0, 0.05) is 12.4 Å². The highest BCUT2D eigenvalue weighted by atomic mass is 16.6. The van der Waals surface area contributed by atoms with Crippen molar-refractivity contribution >= 4 is 5.97 Å². The van der Waals surface area contributed by atoms with Crippen LogP contribution in [-0.4, -0.2) is 23.2 Å². The molecule has 0 aliphatic heterocycles. The summed E-state index contributed by atoms with van der Waals surface area (Å²) in [7, 11) is 0. The van der Waals surface area contributed by atoms with Crippen molar-refractivity contribution in [1.82, 2.24) is 4.98 Å². The van der Waals surface area contributed by atoms with Gasteiger partial charge < -0.3 is 9.47 Å². The van der Waals surface area contributed by atoms with Crippen LogP contribution in [0.1, 0.15) is 39.4 Å². The molecule has 0 aliphatic rings. The Balaban J connectivity index is 2.39. The van der Waals surface area contributed by atoms with Crippen molar-refractivity contribution < 1.29 is 14.3 Å². The molecule has 1 atom stereocenters. The zero-order valence-electron chi connectivity index (χ0n) is 10.8. The summed E-state index contributed by atoms with van der Waals surface area (Å²) >= 11 is 0. The molecule has 0 saturated heterocycles. The first kappa shape index (κ1) is 13.6. The highest BCUT2D eigenvalue weighted by molar-refractivity contribution is 5.71. The second kappa shape index (κ2) is 5.77. The highest BCUT2D eigenvalue weighted by Crippen LogP contribution is 2.15. The Hall–Kier alpha value is -1.42. The lowest BCUT2D eigenvalue weighted by Crippen LogP contribution is -2.26. The second-order valence-corrected chi connectivity index (χ2v) is 4.82. The van der Waals surface area contributed by atoms with Crippen molar-refractivity contribution in [2.75, 3.05) is 6.61 Å². The molecule has 1 heterocycles. The average molecular weight is 237 g/mol. The quantitative estimate of drug-likeness (QED) is 0.755. The van der Waals surface area contributed by atoms with E-state index in [-0.39, 0.29) is 18.7 Å². The summed E-state index contributed by atoms with van der Waals surface area (Å²) in [6.45, 7) is 7.34. The summed E-state index contributed by atoms with van der Waals surface area (Å²) in [4.78, 5) is 15.4. The van der Waals surface area contributed by atoms with Crippen LogP contribution in [0.15, 0.2) is 24.5 Å². The summed E-state index contributed by atoms with van der Waals surface area (Å²) in [6, 6.07) is 3.72. The van der Waals surface area contributed by atoms with E-state index >= 15 is 0 Å². The molecule has 0 radical (unpaired) electrons. The van der Waals surface area contributed by atoms with Gasteiger partial charge in [-0.15, -0.1) is 0 Å². The van der Waals surface area contributed by atoms with Crippen LogP contribution in [0, 0.1) is 0 Å². The van der Waals surface area contributed by atoms with Gasteiger partial charge in [-0.25, -0.2) is 4.79 Å². The lowest BCUT2D eigenvalue weighted by molar-refractivity contribution is -0.162. The molecule has 0 aliphatic carbocycles. The first-order valence-electron chi connectivity index (χ1n) is 5.62. The average Bonchev–Trinajstić information content (AvgIpc) is 2.25. The molecule has 94 valence electrons. The van der Waals surface area contributed by atoms with Gasteiger partial charge in [0.2, 0.25) is 0 Å². The molecule has 0 bridgehead atoms. The SMILES string of the molecule is C[C@H](OCC(=O)OC(C)(C)C)c1ccncc1. The molecule has 0 spiro atoms. The number of carbonyl (C=O) groups excluding carboxylic acids is 1. The Bertz CT molecular complexity index is 357. The van der Waals surface area contributed by atoms with Gasteiger partial charge in [-0.2, -0.15) is 0 Å². The normalized spacial score (nSPS) is 13.2. The third-order valence-corrected chi connectivity index (χ3v) is 2.05. The number of aromatic nitrogens is 1. The van der Waals surface area contributed by atoms with Crippen molar-refractivity contribution in [3.63, 3.8) is 0 Å². The minimum atomic E-state index is -0.472. The highest BCUT2D eigenvalue weighted by Gasteiger charge is 2.17. The third-order valence-electron chi connectivity index (χ3n) is 2.05. The number of hydrogen-bond donors (Lipinski definition) is 0. The molecule has 0 aromatic carbocycles. The van der Waals surface area contributed by atoms with Gasteiger partial charge >= 0.3 is 5.97 Å². The summed E-state index contributed by atoms with van der Waals surface area (Å²) in [6.07, 6.45) is 3.25. The van der Waals surface area contributed by atoms with Crippen LogP contribution in [0.3, 0.4) is 0 Å². The molecule has 1 rings (SSSR count). The van der Waals surface area contributed by atoms with Crippen molar-refractivity contribution in [3.8, 4) is 0 Å². The minimum Gasteiger partial charge on any atom is -0.458 e. The van der Waals surface area contributed by atoms with Gasteiger partial charge in [-0.05, 0) is 45.4 Å². The van der Waals surface area contributed by atoms with Crippen LogP contribution in [0.2, 0.25) is 0 Å². The van der Waals surface area contributed by atoms with Crippen molar-refractivity contribution in [3.05, 3.63) is 30.1 Å². The molecule has 0 saturated carbocycles. The molecule has 17 heavy (non-hydrogen) atoms. The van der Waals surface area contributed by atoms with Gasteiger partial charge in [-0.1, -0.05) is 0 Å². The Morgan fingerprint density at radius 1 is 1.35 bits per heavy atom. The lowest BCUT2D eigenvalue weighted by atomic mass is 10.2. The third kappa shape index (κ3) is 5.45. The number of carbonyl (C=O) groups is 1. The molecule has 0 amide bonds. The smallest absolute Gasteiger partial charge is 0.332 e. The Morgan fingerprint density at radius 2 is 1.94 bits per heavy atom. The van der Waals surface area contributed by atoms with Crippen LogP contribution in [0.25, 0.3) is 0 Å². The van der Waals surface area contributed by atoms with E-state index in [1.165, 1.54) is 0 Å². The van der Waals surface area contributed by atoms with E-state index in [1.54, 1.807) is 12.4 Å². The van der Waals surface area contributed by atoms with Gasteiger partial charge in [0.25, 0.3) is 0 Å². The zero-order valence-corrected chi connectivity index (χ0v) is 10.8. The fraction of sp³-hybridized carbons (Fsp3) is 0.538. The monoisotopic (exact) mass is 237 g/mol. The van der Waals surface area contributed by atoms with Gasteiger partial charge in [0.05, 0.1) is 6.10 Å². The van der Waals surface area contributed by atoms with Crippen LogP contribution in [0.5, 0.6) is 0 Å². The lowest BCUT2D eigenvalue weighted by Gasteiger charge is -2.20. The number of esters is 1. The molecule has 4 nitrogen and oxygen atoms in total. The van der Waals surface area contributed by atoms with Crippen LogP contribution < -0.4 is 0 Å². The standard InChI is InChI=1S/C13H19NO3/c1-10(11-5-7-14-8-6-11)16-9-12(15)17-13(2,3)4/h5-8,10H,9H2,1-4H3/t10-/m0/s1. The van der Waals surface area contributed by atoms with Gasteiger partial charge in [0.15, 0.2) is 0 Å². The van der Waals surface area contributed by atoms with Crippen LogP contribution in [-0.2, 0) is 14.3 Å².